The van der Waals surface area contributed by atoms with Gasteiger partial charge in [-0.3, -0.25) is 24.4 Å². The summed E-state index contributed by atoms with van der Waals surface area (Å²) in [5, 5.41) is 25.3. The largest absolute Gasteiger partial charge is 0.507 e. The predicted octanol–water partition coefficient (Wildman–Crippen LogP) is 3.10. The summed E-state index contributed by atoms with van der Waals surface area (Å²) in [4.78, 5) is 35.5. The molecule has 132 valence electrons. The zero-order chi connectivity index (χ0) is 18.7. The first-order valence-corrected chi connectivity index (χ1v) is 7.89. The molecule has 0 aliphatic carbocycles. The highest BCUT2D eigenvalue weighted by atomic mass is 35.5. The third-order valence-electron chi connectivity index (χ3n) is 3.61. The molecule has 0 amide bonds. The molecule has 0 bridgehead atoms. The smallest absolute Gasteiger partial charge is 0.321 e. The quantitative estimate of drug-likeness (QED) is 0.349. The maximum atomic E-state index is 12.5. The van der Waals surface area contributed by atoms with Gasteiger partial charge in [-0.05, 0) is 24.6 Å². The Morgan fingerprint density at radius 3 is 2.64 bits per heavy atom. The third kappa shape index (κ3) is 3.85. The van der Waals surface area contributed by atoms with Crippen LogP contribution in [0.15, 0.2) is 18.2 Å². The van der Waals surface area contributed by atoms with Crippen LogP contribution in [0.4, 0.5) is 5.69 Å². The molecule has 2 aromatic rings. The van der Waals surface area contributed by atoms with E-state index >= 15 is 0 Å². The summed E-state index contributed by atoms with van der Waals surface area (Å²) in [5.74, 6) is -1.74. The number of nitrogens with zero attached hydrogens (tertiary/aromatic N) is 3. The van der Waals surface area contributed by atoms with Gasteiger partial charge in [0, 0.05) is 12.1 Å². The van der Waals surface area contributed by atoms with Crippen molar-refractivity contribution < 1.29 is 19.6 Å². The number of phenols is 1. The highest BCUT2D eigenvalue weighted by Gasteiger charge is 2.32. The van der Waals surface area contributed by atoms with Crippen molar-refractivity contribution in [2.45, 2.75) is 26.2 Å². The lowest BCUT2D eigenvalue weighted by atomic mass is 10.0. The highest BCUT2D eigenvalue weighted by Crippen LogP contribution is 2.27. The van der Waals surface area contributed by atoms with Crippen molar-refractivity contribution >= 4 is 28.9 Å². The molecule has 1 aromatic heterocycles. The predicted molar refractivity (Wildman–Crippen MR) is 90.3 cm³/mol. The Kier molecular flexibility index (Phi) is 5.53. The first-order valence-electron chi connectivity index (χ1n) is 7.51. The normalized spacial score (nSPS) is 10.7. The van der Waals surface area contributed by atoms with Crippen LogP contribution in [-0.4, -0.2) is 31.4 Å². The van der Waals surface area contributed by atoms with Gasteiger partial charge in [-0.25, -0.2) is 0 Å². The number of nitro groups is 1. The summed E-state index contributed by atoms with van der Waals surface area (Å²) in [7, 11) is 1.42. The molecule has 9 heteroatoms. The van der Waals surface area contributed by atoms with Crippen molar-refractivity contribution in [2.75, 3.05) is 0 Å². The van der Waals surface area contributed by atoms with Gasteiger partial charge in [0.05, 0.1) is 16.9 Å². The monoisotopic (exact) mass is 365 g/mol. The second-order valence-corrected chi connectivity index (χ2v) is 5.90. The average molecular weight is 366 g/mol. The Hall–Kier alpha value is -2.74. The van der Waals surface area contributed by atoms with E-state index in [1.165, 1.54) is 25.2 Å². The number of hydrogen-bond donors (Lipinski definition) is 1. The topological polar surface area (TPSA) is 115 Å². The molecule has 0 fully saturated rings. The van der Waals surface area contributed by atoms with Crippen LogP contribution >= 0.6 is 11.6 Å². The molecule has 1 aromatic carbocycles. The number of aromatic hydroxyl groups is 1. The van der Waals surface area contributed by atoms with E-state index in [1.54, 1.807) is 0 Å². The second kappa shape index (κ2) is 7.43. The molecule has 0 saturated heterocycles. The van der Waals surface area contributed by atoms with Crippen LogP contribution in [0.2, 0.25) is 5.02 Å². The fourth-order valence-corrected chi connectivity index (χ4v) is 2.71. The Morgan fingerprint density at radius 1 is 1.36 bits per heavy atom. The number of ketones is 2. The van der Waals surface area contributed by atoms with Crippen molar-refractivity contribution in [3.63, 3.8) is 0 Å². The third-order valence-corrected chi connectivity index (χ3v) is 3.84. The molecule has 0 aliphatic heterocycles. The molecule has 1 N–H and O–H groups in total. The zero-order valence-electron chi connectivity index (χ0n) is 13.7. The van der Waals surface area contributed by atoms with Gasteiger partial charge in [0.1, 0.15) is 11.4 Å². The van der Waals surface area contributed by atoms with Crippen LogP contribution < -0.4 is 0 Å². The van der Waals surface area contributed by atoms with Crippen molar-refractivity contribution in [3.05, 3.63) is 50.3 Å². The molecule has 1 heterocycles. The Morgan fingerprint density at radius 2 is 2.04 bits per heavy atom. The van der Waals surface area contributed by atoms with E-state index in [9.17, 15) is 24.8 Å². The van der Waals surface area contributed by atoms with Crippen molar-refractivity contribution in [3.8, 4) is 5.75 Å². The minimum absolute atomic E-state index is 0.112. The van der Waals surface area contributed by atoms with E-state index < -0.39 is 22.9 Å². The minimum Gasteiger partial charge on any atom is -0.507 e. The molecule has 0 aliphatic rings. The van der Waals surface area contributed by atoms with Gasteiger partial charge >= 0.3 is 5.69 Å². The van der Waals surface area contributed by atoms with E-state index in [1.807, 2.05) is 6.92 Å². The lowest BCUT2D eigenvalue weighted by Crippen LogP contribution is -2.14. The molecule has 0 spiro atoms. The number of carbonyl (C=O) groups excluding carboxylic acids is 2. The van der Waals surface area contributed by atoms with E-state index in [0.717, 1.165) is 4.68 Å². The van der Waals surface area contributed by atoms with Crippen LogP contribution in [0.1, 0.15) is 46.3 Å². The molecule has 8 nitrogen and oxygen atoms in total. The number of phenolic OH excluding ortho intramolecular Hbond substituents is 1. The molecule has 0 saturated carbocycles. The first kappa shape index (κ1) is 18.6. The highest BCUT2D eigenvalue weighted by molar-refractivity contribution is 6.31. The maximum absolute atomic E-state index is 12.5. The van der Waals surface area contributed by atoms with Crippen LogP contribution in [0, 0.1) is 10.1 Å². The van der Waals surface area contributed by atoms with Crippen LogP contribution in [0.5, 0.6) is 5.75 Å². The van der Waals surface area contributed by atoms with Gasteiger partial charge in [-0.15, -0.1) is 0 Å². The molecule has 25 heavy (non-hydrogen) atoms. The molecule has 0 atom stereocenters. The van der Waals surface area contributed by atoms with Gasteiger partial charge in [0.15, 0.2) is 17.3 Å². The lowest BCUT2D eigenvalue weighted by molar-refractivity contribution is -0.385. The number of aromatic nitrogens is 2. The van der Waals surface area contributed by atoms with E-state index in [2.05, 4.69) is 5.10 Å². The molecule has 2 rings (SSSR count). The molecule has 0 radical (unpaired) electrons. The second-order valence-electron chi connectivity index (χ2n) is 5.46. The average Bonchev–Trinajstić information content (AvgIpc) is 2.86. The summed E-state index contributed by atoms with van der Waals surface area (Å²) in [6.45, 7) is 1.84. The number of hydrogen-bond acceptors (Lipinski definition) is 6. The van der Waals surface area contributed by atoms with Gasteiger partial charge in [-0.1, -0.05) is 24.9 Å². The summed E-state index contributed by atoms with van der Waals surface area (Å²) in [6, 6.07) is 3.89. The Balaban J connectivity index is 2.36. The number of carbonyl (C=O) groups is 2. The minimum atomic E-state index is -0.742. The first-order chi connectivity index (χ1) is 11.8. The summed E-state index contributed by atoms with van der Waals surface area (Å²) in [5.41, 5.74) is -0.517. The van der Waals surface area contributed by atoms with Crippen LogP contribution in [-0.2, 0) is 13.5 Å². The van der Waals surface area contributed by atoms with Gasteiger partial charge in [-0.2, -0.15) is 5.10 Å². The maximum Gasteiger partial charge on any atom is 0.321 e. The molecular formula is C16H16ClN3O5. The van der Waals surface area contributed by atoms with Crippen LogP contribution in [0.25, 0.3) is 0 Å². The van der Waals surface area contributed by atoms with Crippen molar-refractivity contribution in [2.24, 2.45) is 7.05 Å². The van der Waals surface area contributed by atoms with Gasteiger partial charge < -0.3 is 5.11 Å². The summed E-state index contributed by atoms with van der Waals surface area (Å²) in [6.07, 6.45) is 0.334. The van der Waals surface area contributed by atoms with E-state index in [-0.39, 0.29) is 33.4 Å². The molecule has 0 unspecified atom stereocenters. The van der Waals surface area contributed by atoms with Crippen molar-refractivity contribution in [1.29, 1.82) is 0 Å². The fraction of sp³-hybridized carbons (Fsp3) is 0.312. The Bertz CT molecular complexity index is 860. The molecular weight excluding hydrogens is 350 g/mol. The fourth-order valence-electron chi connectivity index (χ4n) is 2.53. The van der Waals surface area contributed by atoms with Crippen LogP contribution in [0.3, 0.4) is 0 Å². The SMILES string of the molecule is CCCc1nn(C)c(C(=O)CC(=O)c2cc(Cl)ccc2O)c1[N+](=O)[O-]. The number of rotatable bonds is 7. The lowest BCUT2D eigenvalue weighted by Gasteiger charge is -2.04. The van der Waals surface area contributed by atoms with Gasteiger partial charge in [0.25, 0.3) is 0 Å². The summed E-state index contributed by atoms with van der Waals surface area (Å²) >= 11 is 5.79. The number of halogens is 1. The number of benzene rings is 1. The number of aryl methyl sites for hydroxylation is 2. The van der Waals surface area contributed by atoms with Crippen molar-refractivity contribution in [1.82, 2.24) is 9.78 Å². The van der Waals surface area contributed by atoms with E-state index in [4.69, 9.17) is 11.6 Å². The van der Waals surface area contributed by atoms with E-state index in [0.29, 0.717) is 12.8 Å². The van der Waals surface area contributed by atoms with Gasteiger partial charge in [0.2, 0.25) is 0 Å². The number of Topliss-reactive ketones (excluding diaryl/α,β-unsaturated/α-hetero) is 2. The Labute approximate surface area is 148 Å². The zero-order valence-corrected chi connectivity index (χ0v) is 14.4. The standard InChI is InChI=1S/C16H16ClN3O5/c1-3-4-11-15(20(24)25)16(19(2)18-11)14(23)8-13(22)10-7-9(17)5-6-12(10)21/h5-7,21H,3-4,8H2,1-2H3. The summed E-state index contributed by atoms with van der Waals surface area (Å²) < 4.78 is 1.12.